The van der Waals surface area contributed by atoms with Gasteiger partial charge in [-0.2, -0.15) is 5.10 Å². The van der Waals surface area contributed by atoms with Crippen LogP contribution in [0.5, 0.6) is 0 Å². The molecular weight excluding hydrogens is 176 g/mol. The van der Waals surface area contributed by atoms with Crippen molar-refractivity contribution in [3.8, 4) is 5.69 Å². The van der Waals surface area contributed by atoms with E-state index in [1.807, 2.05) is 31.2 Å². The van der Waals surface area contributed by atoms with E-state index < -0.39 is 0 Å². The lowest BCUT2D eigenvalue weighted by Gasteiger charge is -2.05. The van der Waals surface area contributed by atoms with E-state index in [-0.39, 0.29) is 6.04 Å². The number of benzene rings is 1. The highest BCUT2D eigenvalue weighted by atomic mass is 15.3. The van der Waals surface area contributed by atoms with Crippen LogP contribution in [0.25, 0.3) is 5.69 Å². The zero-order valence-corrected chi connectivity index (χ0v) is 7.88. The minimum Gasteiger partial charge on any atom is -0.250 e. The predicted octanol–water partition coefficient (Wildman–Crippen LogP) is 1.61. The highest BCUT2D eigenvalue weighted by Crippen LogP contribution is 2.13. The summed E-state index contributed by atoms with van der Waals surface area (Å²) in [6, 6.07) is 7.58. The molecule has 14 heavy (non-hydrogen) atoms. The van der Waals surface area contributed by atoms with Crippen LogP contribution in [-0.2, 0) is 0 Å². The molecule has 4 heteroatoms. The van der Waals surface area contributed by atoms with Crippen molar-refractivity contribution in [1.29, 1.82) is 0 Å². The van der Waals surface area contributed by atoms with Crippen molar-refractivity contribution in [2.75, 3.05) is 0 Å². The lowest BCUT2D eigenvalue weighted by Crippen LogP contribution is -1.96. The van der Waals surface area contributed by atoms with E-state index in [9.17, 15) is 0 Å². The van der Waals surface area contributed by atoms with E-state index in [0.29, 0.717) is 0 Å². The molecule has 1 unspecified atom stereocenters. The molecule has 1 atom stereocenters. The number of hydrogen-bond donors (Lipinski definition) is 0. The van der Waals surface area contributed by atoms with Gasteiger partial charge in [0.15, 0.2) is 0 Å². The molecular formula is C10H11N4. The largest absolute Gasteiger partial charge is 0.250 e. The molecule has 2 rings (SSSR count). The molecule has 0 fully saturated rings. The Hall–Kier alpha value is -1.68. The fraction of sp³-hybridized carbons (Fsp3) is 0.200. The monoisotopic (exact) mass is 187 g/mol. The molecule has 1 aromatic heterocycles. The molecule has 0 saturated carbocycles. The molecule has 2 aromatic rings. The average Bonchev–Trinajstić information content (AvgIpc) is 2.71. The van der Waals surface area contributed by atoms with Gasteiger partial charge in [0.2, 0.25) is 0 Å². The minimum absolute atomic E-state index is 0.181. The standard InChI is InChI=1S/C10H11N4/c1-8(11)9-2-4-10(5-3-9)14-7-12-6-13-14/h2-8,11H,1H3. The maximum Gasteiger partial charge on any atom is 0.138 e. The Morgan fingerprint density at radius 3 is 2.50 bits per heavy atom. The lowest BCUT2D eigenvalue weighted by molar-refractivity contribution is 0.785. The molecule has 1 heterocycles. The van der Waals surface area contributed by atoms with Crippen LogP contribution in [0.3, 0.4) is 0 Å². The summed E-state index contributed by atoms with van der Waals surface area (Å²) in [6.45, 7) is 1.85. The first-order chi connectivity index (χ1) is 6.77. The number of hydrogen-bond acceptors (Lipinski definition) is 2. The number of rotatable bonds is 2. The molecule has 1 N–H and O–H groups in total. The van der Waals surface area contributed by atoms with E-state index in [0.717, 1.165) is 11.3 Å². The van der Waals surface area contributed by atoms with Crippen LogP contribution in [-0.4, -0.2) is 14.8 Å². The first-order valence-electron chi connectivity index (χ1n) is 4.43. The molecule has 0 bridgehead atoms. The molecule has 1 aromatic carbocycles. The summed E-state index contributed by atoms with van der Waals surface area (Å²) in [7, 11) is 0. The fourth-order valence-corrected chi connectivity index (χ4v) is 1.26. The van der Waals surface area contributed by atoms with Gasteiger partial charge in [-0.05, 0) is 24.6 Å². The molecule has 4 nitrogen and oxygen atoms in total. The van der Waals surface area contributed by atoms with Gasteiger partial charge in [0.05, 0.1) is 5.69 Å². The highest BCUT2D eigenvalue weighted by Gasteiger charge is 2.00. The van der Waals surface area contributed by atoms with Crippen LogP contribution in [0.15, 0.2) is 36.9 Å². The normalized spacial score (nSPS) is 12.7. The smallest absolute Gasteiger partial charge is 0.138 e. The summed E-state index contributed by atoms with van der Waals surface area (Å²) in [5.74, 6) is 0. The van der Waals surface area contributed by atoms with Crippen molar-refractivity contribution in [2.45, 2.75) is 13.0 Å². The van der Waals surface area contributed by atoms with E-state index >= 15 is 0 Å². The van der Waals surface area contributed by atoms with Crippen LogP contribution in [0.2, 0.25) is 0 Å². The second-order valence-corrected chi connectivity index (χ2v) is 3.15. The summed E-state index contributed by atoms with van der Waals surface area (Å²) in [5, 5.41) is 4.02. The third kappa shape index (κ3) is 1.65. The molecule has 0 aliphatic carbocycles. The number of nitrogens with zero attached hydrogens (tertiary/aromatic N) is 3. The van der Waals surface area contributed by atoms with E-state index in [1.54, 1.807) is 11.0 Å². The summed E-state index contributed by atoms with van der Waals surface area (Å²) >= 11 is 0. The lowest BCUT2D eigenvalue weighted by atomic mass is 10.1. The van der Waals surface area contributed by atoms with Gasteiger partial charge in [-0.15, -0.1) is 0 Å². The maximum absolute atomic E-state index is 7.53. The maximum atomic E-state index is 7.53. The van der Waals surface area contributed by atoms with Crippen LogP contribution in [0.1, 0.15) is 18.5 Å². The summed E-state index contributed by atoms with van der Waals surface area (Å²) < 4.78 is 1.69. The predicted molar refractivity (Wildman–Crippen MR) is 52.9 cm³/mol. The fourth-order valence-electron chi connectivity index (χ4n) is 1.26. The summed E-state index contributed by atoms with van der Waals surface area (Å²) in [4.78, 5) is 3.87. The second-order valence-electron chi connectivity index (χ2n) is 3.15. The molecule has 0 aliphatic rings. The quantitative estimate of drug-likeness (QED) is 0.717. The van der Waals surface area contributed by atoms with Gasteiger partial charge in [0.1, 0.15) is 12.7 Å². The van der Waals surface area contributed by atoms with E-state index in [2.05, 4.69) is 10.1 Å². The Balaban J connectivity index is 2.31. The Morgan fingerprint density at radius 2 is 2.00 bits per heavy atom. The van der Waals surface area contributed by atoms with Gasteiger partial charge in [-0.1, -0.05) is 12.1 Å². The van der Waals surface area contributed by atoms with Crippen LogP contribution < -0.4 is 5.73 Å². The first-order valence-corrected chi connectivity index (χ1v) is 4.43. The molecule has 0 aliphatic heterocycles. The zero-order chi connectivity index (χ0) is 9.97. The minimum atomic E-state index is -0.181. The topological polar surface area (TPSA) is 54.5 Å². The van der Waals surface area contributed by atoms with Crippen LogP contribution in [0, 0.1) is 0 Å². The molecule has 71 valence electrons. The van der Waals surface area contributed by atoms with E-state index in [4.69, 9.17) is 5.73 Å². The van der Waals surface area contributed by atoms with Crippen molar-refractivity contribution in [3.63, 3.8) is 0 Å². The SMILES string of the molecule is CC([NH])c1ccc(-n2cncn2)cc1. The third-order valence-corrected chi connectivity index (χ3v) is 2.08. The highest BCUT2D eigenvalue weighted by molar-refractivity contribution is 5.34. The molecule has 0 amide bonds. The van der Waals surface area contributed by atoms with Crippen molar-refractivity contribution < 1.29 is 0 Å². The Bertz CT molecular complexity index is 389. The van der Waals surface area contributed by atoms with Crippen molar-refractivity contribution in [3.05, 3.63) is 42.5 Å². The van der Waals surface area contributed by atoms with Gasteiger partial charge in [-0.3, -0.25) is 5.73 Å². The van der Waals surface area contributed by atoms with Crippen LogP contribution >= 0.6 is 0 Å². The van der Waals surface area contributed by atoms with Gasteiger partial charge in [0, 0.05) is 6.04 Å². The van der Waals surface area contributed by atoms with Crippen molar-refractivity contribution in [1.82, 2.24) is 20.5 Å². The first kappa shape index (κ1) is 8.90. The van der Waals surface area contributed by atoms with Gasteiger partial charge >= 0.3 is 0 Å². The Morgan fingerprint density at radius 1 is 1.29 bits per heavy atom. The number of aromatic nitrogens is 3. The summed E-state index contributed by atoms with van der Waals surface area (Å²) in [5.41, 5.74) is 9.50. The van der Waals surface area contributed by atoms with Crippen molar-refractivity contribution in [2.24, 2.45) is 0 Å². The van der Waals surface area contributed by atoms with E-state index in [1.165, 1.54) is 6.33 Å². The van der Waals surface area contributed by atoms with Gasteiger partial charge < -0.3 is 0 Å². The number of nitrogens with one attached hydrogen (secondary N) is 1. The second kappa shape index (κ2) is 3.59. The Kier molecular flexibility index (Phi) is 2.28. The van der Waals surface area contributed by atoms with Crippen molar-refractivity contribution >= 4 is 0 Å². The van der Waals surface area contributed by atoms with Crippen LogP contribution in [0.4, 0.5) is 0 Å². The third-order valence-electron chi connectivity index (χ3n) is 2.08. The van der Waals surface area contributed by atoms with Gasteiger partial charge in [0.25, 0.3) is 0 Å². The molecule has 0 spiro atoms. The summed E-state index contributed by atoms with van der Waals surface area (Å²) in [6.07, 6.45) is 3.15. The Labute approximate surface area is 82.4 Å². The molecule has 1 radical (unpaired) electrons. The zero-order valence-electron chi connectivity index (χ0n) is 7.88. The average molecular weight is 187 g/mol. The molecule has 0 saturated heterocycles. The van der Waals surface area contributed by atoms with Gasteiger partial charge in [-0.25, -0.2) is 9.67 Å².